The molecule has 4 atom stereocenters. The molecule has 0 aromatic heterocycles. The van der Waals surface area contributed by atoms with Gasteiger partial charge in [0.1, 0.15) is 18.2 Å². The highest BCUT2D eigenvalue weighted by Gasteiger charge is 2.43. The molecule has 1 saturated heterocycles. The van der Waals surface area contributed by atoms with E-state index in [2.05, 4.69) is 19.2 Å². The fourth-order valence-corrected chi connectivity index (χ4v) is 4.55. The SMILES string of the molecule is CCCCCCCCC[C@@H](C[C@@H]1OC(=O)[C@H]1CCCCCC)OC(=O)[C@@H](CC(C)C)NC=O. The summed E-state index contributed by atoms with van der Waals surface area (Å²) in [6.45, 7) is 8.42. The molecule has 0 aliphatic carbocycles. The molecule has 0 aromatic carbocycles. The molecule has 0 saturated carbocycles. The Morgan fingerprint density at radius 3 is 2.18 bits per heavy atom. The molecule has 0 bridgehead atoms. The third-order valence-electron chi connectivity index (χ3n) is 6.56. The van der Waals surface area contributed by atoms with E-state index >= 15 is 0 Å². The van der Waals surface area contributed by atoms with E-state index in [4.69, 9.17) is 9.47 Å². The topological polar surface area (TPSA) is 81.7 Å². The highest BCUT2D eigenvalue weighted by atomic mass is 16.6. The molecule has 1 amide bonds. The molecule has 33 heavy (non-hydrogen) atoms. The van der Waals surface area contributed by atoms with Crippen molar-refractivity contribution in [2.45, 2.75) is 142 Å². The number of cyclic esters (lactones) is 1. The maximum Gasteiger partial charge on any atom is 0.328 e. The lowest BCUT2D eigenvalue weighted by Gasteiger charge is -2.37. The summed E-state index contributed by atoms with van der Waals surface area (Å²) >= 11 is 0. The van der Waals surface area contributed by atoms with Gasteiger partial charge in [-0.25, -0.2) is 4.79 Å². The zero-order valence-corrected chi connectivity index (χ0v) is 21.6. The summed E-state index contributed by atoms with van der Waals surface area (Å²) in [4.78, 5) is 35.8. The molecular weight excluding hydrogens is 418 g/mol. The Bertz CT molecular complexity index is 551. The van der Waals surface area contributed by atoms with Crippen LogP contribution in [-0.2, 0) is 23.9 Å². The second kappa shape index (κ2) is 17.8. The van der Waals surface area contributed by atoms with Crippen LogP contribution in [0.15, 0.2) is 0 Å². The van der Waals surface area contributed by atoms with Crippen molar-refractivity contribution in [3.63, 3.8) is 0 Å². The first-order valence-electron chi connectivity index (χ1n) is 13.5. The fraction of sp³-hybridized carbons (Fsp3) is 0.889. The van der Waals surface area contributed by atoms with Crippen molar-refractivity contribution in [2.75, 3.05) is 0 Å². The minimum absolute atomic E-state index is 0.0725. The molecule has 6 nitrogen and oxygen atoms in total. The average Bonchev–Trinajstić information content (AvgIpc) is 2.77. The van der Waals surface area contributed by atoms with Crippen molar-refractivity contribution in [3.8, 4) is 0 Å². The molecule has 1 heterocycles. The van der Waals surface area contributed by atoms with Crippen molar-refractivity contribution in [1.29, 1.82) is 0 Å². The maximum atomic E-state index is 12.8. The van der Waals surface area contributed by atoms with Crippen molar-refractivity contribution < 1.29 is 23.9 Å². The van der Waals surface area contributed by atoms with Gasteiger partial charge in [0.25, 0.3) is 0 Å². The van der Waals surface area contributed by atoms with E-state index in [1.54, 1.807) is 0 Å². The molecule has 1 N–H and O–H groups in total. The van der Waals surface area contributed by atoms with Gasteiger partial charge in [-0.2, -0.15) is 0 Å². The van der Waals surface area contributed by atoms with Crippen molar-refractivity contribution in [1.82, 2.24) is 5.32 Å². The Labute approximate surface area is 201 Å². The second-order valence-electron chi connectivity index (χ2n) is 10.1. The van der Waals surface area contributed by atoms with Crippen LogP contribution in [0.5, 0.6) is 0 Å². The molecule has 0 aromatic rings. The van der Waals surface area contributed by atoms with Gasteiger partial charge in [-0.1, -0.05) is 91.9 Å². The summed E-state index contributed by atoms with van der Waals surface area (Å²) in [5, 5.41) is 2.61. The molecule has 0 radical (unpaired) electrons. The highest BCUT2D eigenvalue weighted by molar-refractivity contribution is 5.79. The predicted molar refractivity (Wildman–Crippen MR) is 132 cm³/mol. The van der Waals surface area contributed by atoms with E-state index < -0.39 is 6.04 Å². The molecule has 0 unspecified atom stereocenters. The summed E-state index contributed by atoms with van der Waals surface area (Å²) in [5.41, 5.74) is 0. The van der Waals surface area contributed by atoms with E-state index in [9.17, 15) is 14.4 Å². The van der Waals surface area contributed by atoms with Gasteiger partial charge in [0.15, 0.2) is 0 Å². The number of hydrogen-bond acceptors (Lipinski definition) is 5. The Balaban J connectivity index is 2.63. The molecular formula is C27H49NO5. The van der Waals surface area contributed by atoms with E-state index in [0.29, 0.717) is 19.3 Å². The van der Waals surface area contributed by atoms with Crippen molar-refractivity contribution in [3.05, 3.63) is 0 Å². The first kappa shape index (κ1) is 29.4. The number of carbonyl (C=O) groups excluding carboxylic acids is 3. The molecule has 1 fully saturated rings. The number of carbonyl (C=O) groups is 3. The van der Waals surface area contributed by atoms with Gasteiger partial charge in [-0.05, 0) is 31.6 Å². The van der Waals surface area contributed by atoms with Crippen LogP contribution in [0.2, 0.25) is 0 Å². The summed E-state index contributed by atoms with van der Waals surface area (Å²) < 4.78 is 11.4. The molecule has 0 spiro atoms. The number of rotatable bonds is 21. The number of ether oxygens (including phenoxy) is 2. The number of amides is 1. The quantitative estimate of drug-likeness (QED) is 0.125. The first-order chi connectivity index (χ1) is 15.9. The van der Waals surface area contributed by atoms with Gasteiger partial charge < -0.3 is 14.8 Å². The monoisotopic (exact) mass is 467 g/mol. The van der Waals surface area contributed by atoms with Crippen LogP contribution in [0.4, 0.5) is 0 Å². The predicted octanol–water partition coefficient (Wildman–Crippen LogP) is 6.10. The Morgan fingerprint density at radius 1 is 1.00 bits per heavy atom. The Hall–Kier alpha value is -1.59. The van der Waals surface area contributed by atoms with Gasteiger partial charge in [-0.15, -0.1) is 0 Å². The minimum Gasteiger partial charge on any atom is -0.461 e. The third kappa shape index (κ3) is 12.4. The molecule has 1 aliphatic heterocycles. The van der Waals surface area contributed by atoms with Gasteiger partial charge in [-0.3, -0.25) is 9.59 Å². The molecule has 1 aliphatic rings. The van der Waals surface area contributed by atoms with Gasteiger partial charge in [0, 0.05) is 6.42 Å². The standard InChI is InChI=1S/C27H49NO5/c1-5-7-9-11-12-13-14-16-22(32-27(31)24(28-20-29)18-21(3)4)19-25-23(26(30)33-25)17-15-10-8-6-2/h20-25H,5-19H2,1-4H3,(H,28,29)/t22-,23-,24+,25-/m0/s1. The Kier molecular flexibility index (Phi) is 15.9. The lowest BCUT2D eigenvalue weighted by atomic mass is 9.86. The average molecular weight is 468 g/mol. The van der Waals surface area contributed by atoms with Crippen molar-refractivity contribution in [2.24, 2.45) is 11.8 Å². The summed E-state index contributed by atoms with van der Waals surface area (Å²) in [6.07, 6.45) is 15.7. The number of esters is 2. The normalized spacial score (nSPS) is 19.5. The van der Waals surface area contributed by atoms with E-state index in [1.807, 2.05) is 13.8 Å². The van der Waals surface area contributed by atoms with Gasteiger partial charge in [0.05, 0.1) is 5.92 Å². The highest BCUT2D eigenvalue weighted by Crippen LogP contribution is 2.32. The van der Waals surface area contributed by atoms with Crippen LogP contribution in [0.25, 0.3) is 0 Å². The molecule has 1 rings (SSSR count). The lowest BCUT2D eigenvalue weighted by Crippen LogP contribution is -2.48. The molecule has 192 valence electrons. The summed E-state index contributed by atoms with van der Waals surface area (Å²) in [5.74, 6) is -0.306. The van der Waals surface area contributed by atoms with E-state index in [1.165, 1.54) is 44.9 Å². The molecule has 6 heteroatoms. The zero-order chi connectivity index (χ0) is 24.5. The number of unbranched alkanes of at least 4 members (excludes halogenated alkanes) is 9. The maximum absolute atomic E-state index is 12.8. The second-order valence-corrected chi connectivity index (χ2v) is 10.1. The summed E-state index contributed by atoms with van der Waals surface area (Å²) in [6, 6.07) is -0.632. The van der Waals surface area contributed by atoms with Crippen LogP contribution in [0.3, 0.4) is 0 Å². The number of nitrogens with one attached hydrogen (secondary N) is 1. The van der Waals surface area contributed by atoms with Crippen LogP contribution in [-0.4, -0.2) is 36.6 Å². The number of hydrogen-bond donors (Lipinski definition) is 1. The Morgan fingerprint density at radius 2 is 1.61 bits per heavy atom. The van der Waals surface area contributed by atoms with Gasteiger partial charge >= 0.3 is 11.9 Å². The van der Waals surface area contributed by atoms with E-state index in [0.717, 1.165) is 38.5 Å². The fourth-order valence-electron chi connectivity index (χ4n) is 4.55. The van der Waals surface area contributed by atoms with Crippen LogP contribution < -0.4 is 5.32 Å². The van der Waals surface area contributed by atoms with Crippen LogP contribution in [0.1, 0.15) is 124 Å². The van der Waals surface area contributed by atoms with Crippen LogP contribution in [0, 0.1) is 11.8 Å². The van der Waals surface area contributed by atoms with Crippen molar-refractivity contribution >= 4 is 18.3 Å². The lowest BCUT2D eigenvalue weighted by molar-refractivity contribution is -0.190. The third-order valence-corrected chi connectivity index (χ3v) is 6.56. The first-order valence-corrected chi connectivity index (χ1v) is 13.5. The summed E-state index contributed by atoms with van der Waals surface area (Å²) in [7, 11) is 0. The largest absolute Gasteiger partial charge is 0.461 e. The minimum atomic E-state index is -0.632. The zero-order valence-electron chi connectivity index (χ0n) is 21.6. The van der Waals surface area contributed by atoms with Crippen LogP contribution >= 0.6 is 0 Å². The smallest absolute Gasteiger partial charge is 0.328 e. The van der Waals surface area contributed by atoms with E-state index in [-0.39, 0.29) is 36.0 Å². The van der Waals surface area contributed by atoms with Gasteiger partial charge in [0.2, 0.25) is 6.41 Å².